The monoisotopic (exact) mass is 166 g/mol. The predicted octanol–water partition coefficient (Wildman–Crippen LogP) is 1.63. The fourth-order valence-corrected chi connectivity index (χ4v) is 0.856. The molecule has 0 aliphatic carbocycles. The lowest BCUT2D eigenvalue weighted by molar-refractivity contribution is 0.1000. The molecule has 1 unspecified atom stereocenters. The summed E-state index contributed by atoms with van der Waals surface area (Å²) in [4.78, 5) is 10.6. The van der Waals surface area contributed by atoms with E-state index in [9.17, 15) is 9.18 Å². The number of halogens is 1. The maximum Gasteiger partial charge on any atom is 0.248 e. The van der Waals surface area contributed by atoms with Crippen molar-refractivity contribution in [3.05, 3.63) is 42.3 Å². The van der Waals surface area contributed by atoms with E-state index in [0.717, 1.165) is 0 Å². The highest BCUT2D eigenvalue weighted by Gasteiger charge is 2.03. The van der Waals surface area contributed by atoms with Gasteiger partial charge in [0.1, 0.15) is 6.17 Å². The zero-order valence-electron chi connectivity index (χ0n) is 6.46. The summed E-state index contributed by atoms with van der Waals surface area (Å²) in [6, 6.07) is 5.96. The number of hydrogen-bond donors (Lipinski definition) is 1. The van der Waals surface area contributed by atoms with Gasteiger partial charge in [-0.05, 0) is 24.6 Å². The van der Waals surface area contributed by atoms with Crippen LogP contribution in [-0.4, -0.2) is 5.91 Å². The molecule has 0 fully saturated rings. The van der Waals surface area contributed by atoms with Crippen LogP contribution in [0.5, 0.6) is 0 Å². The predicted molar refractivity (Wildman–Crippen MR) is 44.2 cm³/mol. The minimum Gasteiger partial charge on any atom is -0.366 e. The Labute approximate surface area is 70.2 Å². The van der Waals surface area contributed by atoms with E-state index >= 15 is 0 Å². The molecule has 0 aliphatic heterocycles. The minimum absolute atomic E-state index is 0.374. The Morgan fingerprint density at radius 1 is 1.42 bits per heavy atom. The van der Waals surface area contributed by atoms with E-state index in [-0.39, 0.29) is 0 Å². The van der Waals surface area contributed by atoms with Crippen LogP contribution in [0, 0.1) is 6.92 Å². The lowest BCUT2D eigenvalue weighted by Crippen LogP contribution is -2.10. The molecular formula is C9H9FNO. The van der Waals surface area contributed by atoms with Gasteiger partial charge in [0.2, 0.25) is 5.91 Å². The van der Waals surface area contributed by atoms with Crippen molar-refractivity contribution in [1.29, 1.82) is 0 Å². The first-order valence-corrected chi connectivity index (χ1v) is 3.48. The second-order valence-electron chi connectivity index (χ2n) is 2.45. The third kappa shape index (κ3) is 1.81. The smallest absolute Gasteiger partial charge is 0.248 e. The van der Waals surface area contributed by atoms with Gasteiger partial charge >= 0.3 is 0 Å². The average molecular weight is 166 g/mol. The van der Waals surface area contributed by atoms with Gasteiger partial charge in [0, 0.05) is 5.56 Å². The largest absolute Gasteiger partial charge is 0.366 e. The van der Waals surface area contributed by atoms with Gasteiger partial charge < -0.3 is 5.73 Å². The van der Waals surface area contributed by atoms with Gasteiger partial charge in [0.25, 0.3) is 0 Å². The van der Waals surface area contributed by atoms with Crippen molar-refractivity contribution < 1.29 is 9.18 Å². The first-order chi connectivity index (χ1) is 5.61. The quantitative estimate of drug-likeness (QED) is 0.712. The van der Waals surface area contributed by atoms with Crippen molar-refractivity contribution in [1.82, 2.24) is 0 Å². The Morgan fingerprint density at radius 2 is 1.92 bits per heavy atom. The minimum atomic E-state index is -1.26. The fraction of sp³-hybridized carbons (Fsp3) is 0.111. The number of primary amides is 1. The second kappa shape index (κ2) is 3.34. The number of carbonyl (C=O) groups excluding carboxylic acids is 1. The first-order valence-electron chi connectivity index (χ1n) is 3.48. The Morgan fingerprint density at radius 3 is 2.25 bits per heavy atom. The van der Waals surface area contributed by atoms with Gasteiger partial charge in [-0.3, -0.25) is 4.79 Å². The summed E-state index contributed by atoms with van der Waals surface area (Å²) in [7, 11) is 0. The number of carbonyl (C=O) groups is 1. The number of alkyl halides is 1. The maximum atomic E-state index is 12.5. The van der Waals surface area contributed by atoms with Crippen LogP contribution >= 0.6 is 0 Å². The third-order valence-electron chi connectivity index (χ3n) is 1.56. The molecule has 63 valence electrons. The third-order valence-corrected chi connectivity index (χ3v) is 1.56. The average Bonchev–Trinajstić information content (AvgIpc) is 2.04. The molecular weight excluding hydrogens is 157 g/mol. The van der Waals surface area contributed by atoms with Crippen molar-refractivity contribution >= 4 is 5.91 Å². The van der Waals surface area contributed by atoms with Crippen LogP contribution < -0.4 is 5.73 Å². The molecule has 2 nitrogen and oxygen atoms in total. The van der Waals surface area contributed by atoms with Crippen molar-refractivity contribution in [2.75, 3.05) is 0 Å². The SMILES string of the molecule is [CH2]C(F)c1ccc(C(N)=O)cc1. The van der Waals surface area contributed by atoms with Crippen molar-refractivity contribution in [3.8, 4) is 0 Å². The topological polar surface area (TPSA) is 43.1 Å². The number of benzene rings is 1. The Balaban J connectivity index is 2.93. The van der Waals surface area contributed by atoms with Crippen LogP contribution in [0.1, 0.15) is 22.1 Å². The first kappa shape index (κ1) is 8.71. The molecule has 2 N–H and O–H groups in total. The van der Waals surface area contributed by atoms with E-state index in [1.807, 2.05) is 0 Å². The van der Waals surface area contributed by atoms with E-state index in [0.29, 0.717) is 11.1 Å². The highest BCUT2D eigenvalue weighted by molar-refractivity contribution is 5.92. The van der Waals surface area contributed by atoms with Gasteiger partial charge in [-0.1, -0.05) is 12.1 Å². The summed E-state index contributed by atoms with van der Waals surface area (Å²) >= 11 is 0. The number of amides is 1. The van der Waals surface area contributed by atoms with Gasteiger partial charge in [0.05, 0.1) is 0 Å². The number of nitrogens with two attached hydrogens (primary N) is 1. The Hall–Kier alpha value is -1.38. The van der Waals surface area contributed by atoms with E-state index in [1.54, 1.807) is 0 Å². The Bertz CT molecular complexity index is 279. The summed E-state index contributed by atoms with van der Waals surface area (Å²) in [5.41, 5.74) is 5.81. The molecule has 1 aromatic carbocycles. The molecule has 12 heavy (non-hydrogen) atoms. The molecule has 1 atom stereocenters. The van der Waals surface area contributed by atoms with Crippen LogP contribution in [0.15, 0.2) is 24.3 Å². The molecule has 3 heteroatoms. The van der Waals surface area contributed by atoms with Crippen LogP contribution in [0.25, 0.3) is 0 Å². The lowest BCUT2D eigenvalue weighted by Gasteiger charge is -2.01. The highest BCUT2D eigenvalue weighted by Crippen LogP contribution is 2.15. The molecule has 0 spiro atoms. The number of hydrogen-bond acceptors (Lipinski definition) is 1. The zero-order chi connectivity index (χ0) is 9.14. The van der Waals surface area contributed by atoms with Crippen molar-refractivity contribution in [2.45, 2.75) is 6.17 Å². The number of rotatable bonds is 2. The standard InChI is InChI=1S/C9H9FNO/c1-6(10)7-2-4-8(5-3-7)9(11)12/h2-6H,1H2,(H2,11,12). The molecule has 0 aromatic heterocycles. The molecule has 1 rings (SSSR count). The highest BCUT2D eigenvalue weighted by atomic mass is 19.1. The summed E-state index contributed by atoms with van der Waals surface area (Å²) in [5, 5.41) is 0. The van der Waals surface area contributed by atoms with Gasteiger partial charge in [-0.15, -0.1) is 0 Å². The van der Waals surface area contributed by atoms with Crippen LogP contribution in [0.2, 0.25) is 0 Å². The summed E-state index contributed by atoms with van der Waals surface area (Å²) in [6.45, 7) is 3.20. The van der Waals surface area contributed by atoms with Gasteiger partial charge in [-0.2, -0.15) is 0 Å². The van der Waals surface area contributed by atoms with Crippen molar-refractivity contribution in [2.24, 2.45) is 5.73 Å². The zero-order valence-corrected chi connectivity index (χ0v) is 6.46. The molecule has 0 bridgehead atoms. The van der Waals surface area contributed by atoms with E-state index in [4.69, 9.17) is 5.73 Å². The lowest BCUT2D eigenvalue weighted by atomic mass is 10.1. The summed E-state index contributed by atoms with van der Waals surface area (Å²) in [6.07, 6.45) is -1.26. The van der Waals surface area contributed by atoms with E-state index < -0.39 is 12.1 Å². The van der Waals surface area contributed by atoms with Crippen molar-refractivity contribution in [3.63, 3.8) is 0 Å². The van der Waals surface area contributed by atoms with Crippen LogP contribution in [0.3, 0.4) is 0 Å². The van der Waals surface area contributed by atoms with Crippen LogP contribution in [0.4, 0.5) is 4.39 Å². The van der Waals surface area contributed by atoms with E-state index in [1.165, 1.54) is 24.3 Å². The molecule has 0 saturated heterocycles. The van der Waals surface area contributed by atoms with Gasteiger partial charge in [-0.25, -0.2) is 4.39 Å². The summed E-state index contributed by atoms with van der Waals surface area (Å²) < 4.78 is 12.5. The van der Waals surface area contributed by atoms with Gasteiger partial charge in [0.15, 0.2) is 0 Å². The van der Waals surface area contributed by atoms with E-state index in [2.05, 4.69) is 6.92 Å². The summed E-state index contributed by atoms with van der Waals surface area (Å²) in [5.74, 6) is -0.513. The fourth-order valence-electron chi connectivity index (χ4n) is 0.856. The molecule has 0 heterocycles. The maximum absolute atomic E-state index is 12.5. The molecule has 0 aliphatic rings. The molecule has 1 radical (unpaired) electrons. The Kier molecular flexibility index (Phi) is 2.43. The second-order valence-corrected chi connectivity index (χ2v) is 2.45. The molecule has 1 aromatic rings. The molecule has 0 saturated carbocycles. The molecule has 1 amide bonds. The normalized spacial score (nSPS) is 12.5. The van der Waals surface area contributed by atoms with Crippen LogP contribution in [-0.2, 0) is 0 Å².